The molecule has 0 bridgehead atoms. The zero-order chi connectivity index (χ0) is 14.1. The SMILES string of the molecule is c1cc(N2CCC(NC3CCN(C4CC4)C3)CC2)ccn1. The molecule has 4 rings (SSSR count). The summed E-state index contributed by atoms with van der Waals surface area (Å²) in [5.74, 6) is 0. The first-order valence-corrected chi connectivity index (χ1v) is 8.53. The summed E-state index contributed by atoms with van der Waals surface area (Å²) in [6.07, 6.45) is 10.6. The van der Waals surface area contributed by atoms with E-state index in [-0.39, 0.29) is 0 Å². The normalized spacial score (nSPS) is 28.2. The Hall–Kier alpha value is -1.13. The van der Waals surface area contributed by atoms with Crippen molar-refractivity contribution in [2.45, 2.75) is 50.2 Å². The van der Waals surface area contributed by atoms with E-state index in [9.17, 15) is 0 Å². The third-order valence-electron chi connectivity index (χ3n) is 5.28. The summed E-state index contributed by atoms with van der Waals surface area (Å²) in [6.45, 7) is 4.94. The molecule has 1 aliphatic carbocycles. The number of aromatic nitrogens is 1. The third kappa shape index (κ3) is 3.22. The van der Waals surface area contributed by atoms with Gasteiger partial charge in [-0.05, 0) is 44.2 Å². The molecule has 1 N–H and O–H groups in total. The Bertz CT molecular complexity index is 451. The van der Waals surface area contributed by atoms with Crippen LogP contribution in [-0.4, -0.2) is 54.2 Å². The molecule has 3 fully saturated rings. The molecule has 2 saturated heterocycles. The van der Waals surface area contributed by atoms with Gasteiger partial charge in [0, 0.05) is 62.4 Å². The molecular formula is C17H26N4. The first-order valence-electron chi connectivity index (χ1n) is 8.53. The average molecular weight is 286 g/mol. The fraction of sp³-hybridized carbons (Fsp3) is 0.706. The summed E-state index contributed by atoms with van der Waals surface area (Å²) in [4.78, 5) is 9.30. The topological polar surface area (TPSA) is 31.4 Å². The van der Waals surface area contributed by atoms with Crippen molar-refractivity contribution >= 4 is 5.69 Å². The van der Waals surface area contributed by atoms with E-state index < -0.39 is 0 Å². The quantitative estimate of drug-likeness (QED) is 0.916. The van der Waals surface area contributed by atoms with Crippen LogP contribution in [0.3, 0.4) is 0 Å². The van der Waals surface area contributed by atoms with E-state index in [1.54, 1.807) is 0 Å². The number of rotatable bonds is 4. The van der Waals surface area contributed by atoms with E-state index >= 15 is 0 Å². The van der Waals surface area contributed by atoms with Gasteiger partial charge in [0.25, 0.3) is 0 Å². The van der Waals surface area contributed by atoms with Crippen molar-refractivity contribution in [3.63, 3.8) is 0 Å². The van der Waals surface area contributed by atoms with Gasteiger partial charge in [0.1, 0.15) is 0 Å². The monoisotopic (exact) mass is 286 g/mol. The molecule has 2 aliphatic heterocycles. The van der Waals surface area contributed by atoms with Gasteiger partial charge in [-0.3, -0.25) is 9.88 Å². The van der Waals surface area contributed by atoms with E-state index in [4.69, 9.17) is 0 Å². The summed E-state index contributed by atoms with van der Waals surface area (Å²) >= 11 is 0. The van der Waals surface area contributed by atoms with Crippen molar-refractivity contribution < 1.29 is 0 Å². The van der Waals surface area contributed by atoms with Gasteiger partial charge < -0.3 is 10.2 Å². The molecule has 0 aromatic carbocycles. The van der Waals surface area contributed by atoms with Crippen LogP contribution in [0.4, 0.5) is 5.69 Å². The second-order valence-electron chi connectivity index (χ2n) is 6.85. The van der Waals surface area contributed by atoms with Crippen molar-refractivity contribution in [2.75, 3.05) is 31.1 Å². The predicted octanol–water partition coefficient (Wildman–Crippen LogP) is 1.88. The first-order chi connectivity index (χ1) is 10.4. The van der Waals surface area contributed by atoms with Crippen molar-refractivity contribution in [3.05, 3.63) is 24.5 Å². The molecule has 1 aromatic rings. The number of anilines is 1. The molecule has 114 valence electrons. The Labute approximate surface area is 127 Å². The zero-order valence-electron chi connectivity index (χ0n) is 12.7. The summed E-state index contributed by atoms with van der Waals surface area (Å²) in [7, 11) is 0. The molecule has 1 atom stereocenters. The first kappa shape index (κ1) is 13.5. The molecule has 0 amide bonds. The maximum atomic E-state index is 4.11. The minimum atomic E-state index is 0.715. The summed E-state index contributed by atoms with van der Waals surface area (Å²) in [5.41, 5.74) is 1.32. The maximum absolute atomic E-state index is 4.11. The lowest BCUT2D eigenvalue weighted by Crippen LogP contribution is -2.47. The Morgan fingerprint density at radius 2 is 1.62 bits per heavy atom. The highest BCUT2D eigenvalue weighted by atomic mass is 15.2. The second kappa shape index (κ2) is 5.93. The predicted molar refractivity (Wildman–Crippen MR) is 85.6 cm³/mol. The number of nitrogens with zero attached hydrogens (tertiary/aromatic N) is 3. The van der Waals surface area contributed by atoms with Gasteiger partial charge in [0.15, 0.2) is 0 Å². The molecule has 21 heavy (non-hydrogen) atoms. The minimum absolute atomic E-state index is 0.715. The zero-order valence-corrected chi connectivity index (χ0v) is 12.7. The smallest absolute Gasteiger partial charge is 0.0397 e. The van der Waals surface area contributed by atoms with Gasteiger partial charge in [-0.25, -0.2) is 0 Å². The lowest BCUT2D eigenvalue weighted by molar-refractivity contribution is 0.304. The minimum Gasteiger partial charge on any atom is -0.371 e. The molecule has 1 unspecified atom stereocenters. The molecular weight excluding hydrogens is 260 g/mol. The van der Waals surface area contributed by atoms with Crippen LogP contribution < -0.4 is 10.2 Å². The molecule has 4 heteroatoms. The summed E-state index contributed by atoms with van der Waals surface area (Å²) in [5, 5.41) is 3.92. The highest BCUT2D eigenvalue weighted by molar-refractivity contribution is 5.44. The molecule has 0 spiro atoms. The van der Waals surface area contributed by atoms with Crippen LogP contribution >= 0.6 is 0 Å². The van der Waals surface area contributed by atoms with Gasteiger partial charge >= 0.3 is 0 Å². The van der Waals surface area contributed by atoms with E-state index in [0.717, 1.165) is 12.1 Å². The van der Waals surface area contributed by atoms with Crippen molar-refractivity contribution in [1.29, 1.82) is 0 Å². The van der Waals surface area contributed by atoms with Crippen LogP contribution in [0.2, 0.25) is 0 Å². The summed E-state index contributed by atoms with van der Waals surface area (Å²) in [6, 6.07) is 6.64. The maximum Gasteiger partial charge on any atom is 0.0397 e. The molecule has 3 aliphatic rings. The average Bonchev–Trinajstić information content (AvgIpc) is 3.29. The van der Waals surface area contributed by atoms with Crippen LogP contribution in [0.1, 0.15) is 32.1 Å². The number of pyridine rings is 1. The molecule has 3 heterocycles. The van der Waals surface area contributed by atoms with E-state index in [2.05, 4.69) is 32.2 Å². The Balaban J connectivity index is 1.24. The van der Waals surface area contributed by atoms with Crippen molar-refractivity contribution in [3.8, 4) is 0 Å². The van der Waals surface area contributed by atoms with Gasteiger partial charge in [0.05, 0.1) is 0 Å². The van der Waals surface area contributed by atoms with E-state index in [0.29, 0.717) is 6.04 Å². The van der Waals surface area contributed by atoms with Crippen LogP contribution in [0.25, 0.3) is 0 Å². The third-order valence-corrected chi connectivity index (χ3v) is 5.28. The number of hydrogen-bond acceptors (Lipinski definition) is 4. The number of hydrogen-bond donors (Lipinski definition) is 1. The lowest BCUT2D eigenvalue weighted by Gasteiger charge is -2.35. The summed E-state index contributed by atoms with van der Waals surface area (Å²) < 4.78 is 0. The molecule has 1 saturated carbocycles. The molecule has 4 nitrogen and oxygen atoms in total. The largest absolute Gasteiger partial charge is 0.371 e. The fourth-order valence-electron chi connectivity index (χ4n) is 3.89. The highest BCUT2D eigenvalue weighted by Gasteiger charge is 2.35. The van der Waals surface area contributed by atoms with Gasteiger partial charge in [-0.1, -0.05) is 0 Å². The molecule has 1 aromatic heterocycles. The standard InChI is InChI=1S/C17H26N4/c1-2-16(1)21-12-7-15(13-21)19-14-5-10-20(11-6-14)17-3-8-18-9-4-17/h3-4,8-9,14-16,19H,1-2,5-7,10-13H2. The van der Waals surface area contributed by atoms with Crippen molar-refractivity contribution in [1.82, 2.24) is 15.2 Å². The van der Waals surface area contributed by atoms with Crippen LogP contribution in [-0.2, 0) is 0 Å². The Morgan fingerprint density at radius 1 is 0.905 bits per heavy atom. The van der Waals surface area contributed by atoms with Crippen LogP contribution in [0, 0.1) is 0 Å². The lowest BCUT2D eigenvalue weighted by atomic mass is 10.0. The number of piperidine rings is 1. The van der Waals surface area contributed by atoms with Crippen LogP contribution in [0.5, 0.6) is 0 Å². The van der Waals surface area contributed by atoms with E-state index in [1.165, 1.54) is 64.0 Å². The highest BCUT2D eigenvalue weighted by Crippen LogP contribution is 2.30. The number of likely N-dealkylation sites (tertiary alicyclic amines) is 1. The Kier molecular flexibility index (Phi) is 3.82. The molecule has 0 radical (unpaired) electrons. The van der Waals surface area contributed by atoms with Gasteiger partial charge in [-0.15, -0.1) is 0 Å². The number of nitrogens with one attached hydrogen (secondary N) is 1. The van der Waals surface area contributed by atoms with Gasteiger partial charge in [-0.2, -0.15) is 0 Å². The van der Waals surface area contributed by atoms with Crippen LogP contribution in [0.15, 0.2) is 24.5 Å². The van der Waals surface area contributed by atoms with Crippen molar-refractivity contribution in [2.24, 2.45) is 0 Å². The fourth-order valence-corrected chi connectivity index (χ4v) is 3.89. The Morgan fingerprint density at radius 3 is 2.33 bits per heavy atom. The second-order valence-corrected chi connectivity index (χ2v) is 6.85. The van der Waals surface area contributed by atoms with E-state index in [1.807, 2.05) is 12.4 Å². The van der Waals surface area contributed by atoms with Gasteiger partial charge in [0.2, 0.25) is 0 Å².